The molecular weight excluding hydrogens is 337 g/mol. The summed E-state index contributed by atoms with van der Waals surface area (Å²) in [5, 5.41) is 0.735. The number of nitrogens with one attached hydrogen (secondary N) is 1. The van der Waals surface area contributed by atoms with Crippen LogP contribution < -0.4 is 15.2 Å². The Bertz CT molecular complexity index is 741. The molecule has 0 spiro atoms. The van der Waals surface area contributed by atoms with Crippen molar-refractivity contribution < 1.29 is 18.7 Å². The molecule has 0 saturated heterocycles. The summed E-state index contributed by atoms with van der Waals surface area (Å²) in [6.45, 7) is 0. The monoisotopic (exact) mass is 351 g/mol. The van der Waals surface area contributed by atoms with Crippen LogP contribution in [0.1, 0.15) is 0 Å². The lowest BCUT2D eigenvalue weighted by Crippen LogP contribution is -2.51. The molecule has 0 aliphatic carbocycles. The van der Waals surface area contributed by atoms with Gasteiger partial charge in [-0.15, -0.1) is 0 Å². The Morgan fingerprint density at radius 3 is 2.38 bits per heavy atom. The van der Waals surface area contributed by atoms with Crippen LogP contribution >= 0.6 is 11.6 Å². The van der Waals surface area contributed by atoms with Gasteiger partial charge in [0, 0.05) is 14.1 Å². The molecular formula is C16H15ClFN3O3. The van der Waals surface area contributed by atoms with Crippen molar-refractivity contribution in [2.45, 2.75) is 0 Å². The molecule has 2 aromatic carbocycles. The van der Waals surface area contributed by atoms with Crippen LogP contribution in [0.4, 0.5) is 19.7 Å². The summed E-state index contributed by atoms with van der Waals surface area (Å²) in [4.78, 5) is 25.5. The zero-order valence-electron chi connectivity index (χ0n) is 13.0. The zero-order valence-corrected chi connectivity index (χ0v) is 13.7. The maximum Gasteiger partial charge on any atom is 0.432 e. The number of hydrogen-bond acceptors (Lipinski definition) is 3. The summed E-state index contributed by atoms with van der Waals surface area (Å²) in [5.41, 5.74) is 2.49. The number of nitrogens with zero attached hydrogens (tertiary/aromatic N) is 2. The number of amides is 3. The molecule has 0 radical (unpaired) electrons. The summed E-state index contributed by atoms with van der Waals surface area (Å²) in [6.07, 6.45) is -0.878. The van der Waals surface area contributed by atoms with Gasteiger partial charge in [0.1, 0.15) is 11.6 Å². The van der Waals surface area contributed by atoms with Gasteiger partial charge < -0.3 is 9.64 Å². The molecule has 0 atom stereocenters. The minimum Gasteiger partial charge on any atom is -0.409 e. The highest BCUT2D eigenvalue weighted by atomic mass is 35.5. The molecule has 0 bridgehead atoms. The van der Waals surface area contributed by atoms with Crippen molar-refractivity contribution in [1.29, 1.82) is 0 Å². The van der Waals surface area contributed by atoms with E-state index in [4.69, 9.17) is 16.3 Å². The first-order valence-corrected chi connectivity index (χ1v) is 7.26. The van der Waals surface area contributed by atoms with Crippen molar-refractivity contribution in [3.05, 3.63) is 59.4 Å². The molecule has 24 heavy (non-hydrogen) atoms. The fraction of sp³-hybridized carbons (Fsp3) is 0.125. The van der Waals surface area contributed by atoms with Crippen LogP contribution in [0, 0.1) is 5.82 Å². The Hall–Kier alpha value is -2.80. The molecule has 0 aliphatic rings. The van der Waals surface area contributed by atoms with E-state index < -0.39 is 17.9 Å². The summed E-state index contributed by atoms with van der Waals surface area (Å²) in [5.74, 6) is -0.325. The van der Waals surface area contributed by atoms with Crippen molar-refractivity contribution >= 4 is 29.4 Å². The highest BCUT2D eigenvalue weighted by Gasteiger charge is 2.22. The topological polar surface area (TPSA) is 61.9 Å². The van der Waals surface area contributed by atoms with E-state index in [0.29, 0.717) is 5.75 Å². The van der Waals surface area contributed by atoms with Crippen LogP contribution in [0.2, 0.25) is 5.02 Å². The molecule has 2 rings (SSSR count). The number of benzene rings is 2. The van der Waals surface area contributed by atoms with Crippen molar-refractivity contribution in [2.75, 3.05) is 19.1 Å². The number of anilines is 1. The van der Waals surface area contributed by atoms with E-state index in [-0.39, 0.29) is 10.7 Å². The third-order valence-corrected chi connectivity index (χ3v) is 3.18. The Balaban J connectivity index is 2.21. The van der Waals surface area contributed by atoms with Gasteiger partial charge in [-0.05, 0) is 30.3 Å². The van der Waals surface area contributed by atoms with E-state index in [1.54, 1.807) is 30.3 Å². The molecule has 0 heterocycles. The molecule has 0 aromatic heterocycles. The standard InChI is InChI=1S/C16H15ClFN3O3/c1-20(2)16(23)21(11-8-9-14(18)13(17)10-11)19-15(22)24-12-6-4-3-5-7-12/h3-10H,1-2H3,(H,19,22). The molecule has 1 N–H and O–H groups in total. The third-order valence-electron chi connectivity index (χ3n) is 2.89. The molecule has 0 saturated carbocycles. The minimum atomic E-state index is -0.878. The lowest BCUT2D eigenvalue weighted by Gasteiger charge is -2.26. The van der Waals surface area contributed by atoms with E-state index in [1.165, 1.54) is 31.1 Å². The van der Waals surface area contributed by atoms with Crippen LogP contribution in [0.15, 0.2) is 48.5 Å². The van der Waals surface area contributed by atoms with Crippen LogP contribution in [0.3, 0.4) is 0 Å². The van der Waals surface area contributed by atoms with Crippen molar-refractivity contribution in [2.24, 2.45) is 0 Å². The summed E-state index contributed by atoms with van der Waals surface area (Å²) in [6, 6.07) is 11.4. The fourth-order valence-corrected chi connectivity index (χ4v) is 1.93. The number of carbonyl (C=O) groups is 2. The van der Waals surface area contributed by atoms with Crippen molar-refractivity contribution in [3.8, 4) is 5.75 Å². The van der Waals surface area contributed by atoms with Gasteiger partial charge in [-0.3, -0.25) is 0 Å². The number of carbonyl (C=O) groups excluding carboxylic acids is 2. The first kappa shape index (κ1) is 17.6. The van der Waals surface area contributed by atoms with Gasteiger partial charge in [0.15, 0.2) is 0 Å². The SMILES string of the molecule is CN(C)C(=O)N(NC(=O)Oc1ccccc1)c1ccc(F)c(Cl)c1. The third kappa shape index (κ3) is 4.36. The average Bonchev–Trinajstić information content (AvgIpc) is 2.55. The number of para-hydroxylation sites is 1. The second-order valence-corrected chi connectivity index (χ2v) is 5.33. The summed E-state index contributed by atoms with van der Waals surface area (Å²) >= 11 is 5.74. The molecule has 0 unspecified atom stereocenters. The predicted octanol–water partition coefficient (Wildman–Crippen LogP) is 3.67. The first-order valence-electron chi connectivity index (χ1n) is 6.88. The zero-order chi connectivity index (χ0) is 17.7. The molecule has 3 amide bonds. The quantitative estimate of drug-likeness (QED) is 0.840. The minimum absolute atomic E-state index is 0.178. The van der Waals surface area contributed by atoms with Crippen molar-refractivity contribution in [1.82, 2.24) is 10.3 Å². The summed E-state index contributed by atoms with van der Waals surface area (Å²) < 4.78 is 18.4. The lowest BCUT2D eigenvalue weighted by atomic mass is 10.3. The molecule has 0 aliphatic heterocycles. The van der Waals surface area contributed by atoms with Crippen LogP contribution in [-0.2, 0) is 0 Å². The van der Waals surface area contributed by atoms with Gasteiger partial charge in [0.05, 0.1) is 10.7 Å². The van der Waals surface area contributed by atoms with Gasteiger partial charge >= 0.3 is 12.1 Å². The fourth-order valence-electron chi connectivity index (χ4n) is 1.76. The number of halogens is 2. The summed E-state index contributed by atoms with van der Waals surface area (Å²) in [7, 11) is 3.01. The maximum atomic E-state index is 13.3. The van der Waals surface area contributed by atoms with Gasteiger partial charge in [-0.2, -0.15) is 5.01 Å². The van der Waals surface area contributed by atoms with Crippen molar-refractivity contribution in [3.63, 3.8) is 0 Å². The van der Waals surface area contributed by atoms with Crippen LogP contribution in [0.5, 0.6) is 5.75 Å². The number of rotatable bonds is 2. The van der Waals surface area contributed by atoms with Crippen LogP contribution in [-0.4, -0.2) is 31.1 Å². The number of hydrogen-bond donors (Lipinski definition) is 1. The molecule has 0 fully saturated rings. The normalized spacial score (nSPS) is 10.0. The largest absolute Gasteiger partial charge is 0.432 e. The Morgan fingerprint density at radius 2 is 1.79 bits per heavy atom. The van der Waals surface area contributed by atoms with E-state index in [2.05, 4.69) is 5.43 Å². The first-order chi connectivity index (χ1) is 11.4. The van der Waals surface area contributed by atoms with E-state index in [0.717, 1.165) is 11.1 Å². The van der Waals surface area contributed by atoms with E-state index in [1.807, 2.05) is 0 Å². The molecule has 2 aromatic rings. The molecule has 6 nitrogen and oxygen atoms in total. The Labute approximate surface area is 143 Å². The molecule has 8 heteroatoms. The number of ether oxygens (including phenoxy) is 1. The van der Waals surface area contributed by atoms with Gasteiger partial charge in [-0.25, -0.2) is 19.4 Å². The predicted molar refractivity (Wildman–Crippen MR) is 88.6 cm³/mol. The van der Waals surface area contributed by atoms with E-state index >= 15 is 0 Å². The maximum absolute atomic E-state index is 13.3. The van der Waals surface area contributed by atoms with Gasteiger partial charge in [-0.1, -0.05) is 29.8 Å². The number of hydrazine groups is 1. The Kier molecular flexibility index (Phi) is 5.59. The van der Waals surface area contributed by atoms with E-state index in [9.17, 15) is 14.0 Å². The second-order valence-electron chi connectivity index (χ2n) is 4.93. The van der Waals surface area contributed by atoms with Gasteiger partial charge in [0.25, 0.3) is 0 Å². The van der Waals surface area contributed by atoms with Gasteiger partial charge in [0.2, 0.25) is 0 Å². The highest BCUT2D eigenvalue weighted by Crippen LogP contribution is 2.22. The Morgan fingerprint density at radius 1 is 1.12 bits per heavy atom. The lowest BCUT2D eigenvalue weighted by molar-refractivity contribution is 0.193. The molecule has 126 valence electrons. The van der Waals surface area contributed by atoms with Crippen LogP contribution in [0.25, 0.3) is 0 Å². The average molecular weight is 352 g/mol. The number of urea groups is 1. The highest BCUT2D eigenvalue weighted by molar-refractivity contribution is 6.31. The second kappa shape index (κ2) is 7.65. The smallest absolute Gasteiger partial charge is 0.409 e.